The third-order valence-corrected chi connectivity index (χ3v) is 4.81. The van der Waals surface area contributed by atoms with Crippen LogP contribution in [0.25, 0.3) is 0 Å². The smallest absolute Gasteiger partial charge is 0.330 e. The van der Waals surface area contributed by atoms with Crippen molar-refractivity contribution < 1.29 is 41.7 Å². The molecule has 27 heavy (non-hydrogen) atoms. The van der Waals surface area contributed by atoms with Crippen molar-refractivity contribution in [3.05, 3.63) is 40.5 Å². The van der Waals surface area contributed by atoms with Gasteiger partial charge >= 0.3 is 11.9 Å². The summed E-state index contributed by atoms with van der Waals surface area (Å²) in [4.78, 5) is 23.1. The van der Waals surface area contributed by atoms with Gasteiger partial charge in [0.05, 0.1) is 18.6 Å². The first kappa shape index (κ1) is 20.7. The minimum absolute atomic E-state index is 0.0414. The number of allylic oxidation sites excluding steroid dienone is 1. The zero-order chi connectivity index (χ0) is 20.7. The van der Waals surface area contributed by atoms with Crippen LogP contribution in [0.4, 0.5) is 17.6 Å². The molecular formula is C18H18F4O5. The molecule has 1 N–H and O–H groups in total. The lowest BCUT2D eigenvalue weighted by Crippen LogP contribution is -2.14. The van der Waals surface area contributed by atoms with E-state index < -0.39 is 70.4 Å². The maximum atomic E-state index is 13.9. The summed E-state index contributed by atoms with van der Waals surface area (Å²) in [6, 6.07) is 0. The summed E-state index contributed by atoms with van der Waals surface area (Å²) in [5.74, 6) is -11.3. The maximum absolute atomic E-state index is 13.9. The number of hydrogen-bond donors (Lipinski definition) is 1. The van der Waals surface area contributed by atoms with Gasteiger partial charge < -0.3 is 14.6 Å². The number of ether oxygens (including phenoxy) is 2. The fraction of sp³-hybridized carbons (Fsp3) is 0.444. The normalized spacial score (nSPS) is 21.0. The molecule has 148 valence electrons. The van der Waals surface area contributed by atoms with Crippen LogP contribution in [-0.2, 0) is 20.9 Å². The predicted octanol–water partition coefficient (Wildman–Crippen LogP) is 3.60. The third kappa shape index (κ3) is 3.63. The molecule has 0 bridgehead atoms. The monoisotopic (exact) mass is 390 g/mol. The number of methoxy groups -OCH3 is 1. The number of aliphatic carboxylic acids is 1. The fourth-order valence-corrected chi connectivity index (χ4v) is 2.98. The second-order valence-corrected chi connectivity index (χ2v) is 6.86. The van der Waals surface area contributed by atoms with Crippen molar-refractivity contribution in [3.8, 4) is 5.75 Å². The van der Waals surface area contributed by atoms with Crippen molar-refractivity contribution in [2.45, 2.75) is 27.4 Å². The number of carbonyl (C=O) groups is 2. The van der Waals surface area contributed by atoms with Gasteiger partial charge in [0.15, 0.2) is 17.4 Å². The lowest BCUT2D eigenvalue weighted by molar-refractivity contribution is -0.147. The summed E-state index contributed by atoms with van der Waals surface area (Å²) < 4.78 is 64.3. The Morgan fingerprint density at radius 1 is 1.11 bits per heavy atom. The molecule has 0 aromatic heterocycles. The van der Waals surface area contributed by atoms with E-state index in [2.05, 4.69) is 4.74 Å². The molecule has 5 nitrogen and oxygen atoms in total. The predicted molar refractivity (Wildman–Crippen MR) is 84.8 cm³/mol. The summed E-state index contributed by atoms with van der Waals surface area (Å²) in [5, 5.41) is 8.91. The van der Waals surface area contributed by atoms with Crippen LogP contribution in [0.3, 0.4) is 0 Å². The van der Waals surface area contributed by atoms with Gasteiger partial charge in [0.1, 0.15) is 6.61 Å². The van der Waals surface area contributed by atoms with Gasteiger partial charge in [-0.1, -0.05) is 19.9 Å². The standard InChI is InChI=1S/C18H18F4O5/c1-7(16(23)24)5-9-10(18(9,2)3)17(25)27-6-8-11(19)13(21)15(26-4)14(22)12(8)20/h5,9-10H,6H2,1-4H3,(H,23,24). The molecule has 2 rings (SSSR count). The molecule has 2 atom stereocenters. The molecule has 2 unspecified atom stereocenters. The second kappa shape index (κ2) is 7.21. The Kier molecular flexibility index (Phi) is 5.53. The van der Waals surface area contributed by atoms with Crippen molar-refractivity contribution in [3.63, 3.8) is 0 Å². The highest BCUT2D eigenvalue weighted by Gasteiger charge is 2.61. The molecule has 1 aromatic rings. The Balaban J connectivity index is 2.18. The molecule has 0 heterocycles. The van der Waals surface area contributed by atoms with Crippen molar-refractivity contribution in [1.29, 1.82) is 0 Å². The van der Waals surface area contributed by atoms with E-state index in [9.17, 15) is 27.2 Å². The number of rotatable bonds is 6. The van der Waals surface area contributed by atoms with Crippen LogP contribution in [-0.4, -0.2) is 24.2 Å². The van der Waals surface area contributed by atoms with Crippen molar-refractivity contribution >= 4 is 11.9 Å². The van der Waals surface area contributed by atoms with Crippen LogP contribution in [0.15, 0.2) is 11.6 Å². The molecule has 1 saturated carbocycles. The van der Waals surface area contributed by atoms with E-state index in [4.69, 9.17) is 9.84 Å². The summed E-state index contributed by atoms with van der Waals surface area (Å²) in [6.07, 6.45) is 1.40. The third-order valence-electron chi connectivity index (χ3n) is 4.81. The van der Waals surface area contributed by atoms with Crippen LogP contribution in [0.2, 0.25) is 0 Å². The average Bonchev–Trinajstić information content (AvgIpc) is 3.13. The highest BCUT2D eigenvalue weighted by molar-refractivity contribution is 5.86. The van der Waals surface area contributed by atoms with Gasteiger partial charge in [-0.2, -0.15) is 8.78 Å². The Bertz CT molecular complexity index is 803. The second-order valence-electron chi connectivity index (χ2n) is 6.86. The minimum Gasteiger partial charge on any atom is -0.491 e. The Hall–Kier alpha value is -2.58. The average molecular weight is 390 g/mol. The molecule has 0 spiro atoms. The van der Waals surface area contributed by atoms with E-state index in [1.165, 1.54) is 13.0 Å². The summed E-state index contributed by atoms with van der Waals surface area (Å²) in [6.45, 7) is 3.74. The first-order chi connectivity index (χ1) is 12.4. The van der Waals surface area contributed by atoms with Gasteiger partial charge in [0.2, 0.25) is 11.6 Å². The highest BCUT2D eigenvalue weighted by atomic mass is 19.2. The van der Waals surface area contributed by atoms with Gasteiger partial charge in [-0.05, 0) is 18.3 Å². The topological polar surface area (TPSA) is 72.8 Å². The number of benzene rings is 1. The lowest BCUT2D eigenvalue weighted by Gasteiger charge is -2.11. The summed E-state index contributed by atoms with van der Waals surface area (Å²) >= 11 is 0. The molecule has 0 radical (unpaired) electrons. The van der Waals surface area contributed by atoms with Crippen molar-refractivity contribution in [2.24, 2.45) is 17.3 Å². The Morgan fingerprint density at radius 3 is 2.07 bits per heavy atom. The quantitative estimate of drug-likeness (QED) is 0.348. The lowest BCUT2D eigenvalue weighted by atomic mass is 10.1. The first-order valence-electron chi connectivity index (χ1n) is 7.92. The number of esters is 1. The van der Waals surface area contributed by atoms with Crippen LogP contribution in [0.5, 0.6) is 5.75 Å². The molecule has 1 aliphatic rings. The van der Waals surface area contributed by atoms with E-state index >= 15 is 0 Å². The number of carboxylic acids is 1. The van der Waals surface area contributed by atoms with Gasteiger partial charge in [0.25, 0.3) is 0 Å². The number of carbonyl (C=O) groups excluding carboxylic acids is 1. The van der Waals surface area contributed by atoms with Crippen LogP contribution >= 0.6 is 0 Å². The van der Waals surface area contributed by atoms with Crippen LogP contribution in [0, 0.1) is 40.5 Å². The van der Waals surface area contributed by atoms with Gasteiger partial charge in [-0.15, -0.1) is 0 Å². The zero-order valence-electron chi connectivity index (χ0n) is 15.0. The summed E-state index contributed by atoms with van der Waals surface area (Å²) in [5.41, 5.74) is -1.66. The molecule has 1 aromatic carbocycles. The zero-order valence-corrected chi connectivity index (χ0v) is 15.0. The van der Waals surface area contributed by atoms with Gasteiger partial charge in [-0.3, -0.25) is 4.79 Å². The van der Waals surface area contributed by atoms with Gasteiger partial charge in [-0.25, -0.2) is 13.6 Å². The largest absolute Gasteiger partial charge is 0.491 e. The molecule has 1 fully saturated rings. The van der Waals surface area contributed by atoms with Gasteiger partial charge in [0, 0.05) is 5.57 Å². The maximum Gasteiger partial charge on any atom is 0.330 e. The molecule has 1 aliphatic carbocycles. The van der Waals surface area contributed by atoms with Crippen LogP contribution < -0.4 is 4.74 Å². The molecule has 9 heteroatoms. The first-order valence-corrected chi connectivity index (χ1v) is 7.92. The van der Waals surface area contributed by atoms with Crippen molar-refractivity contribution in [1.82, 2.24) is 0 Å². The van der Waals surface area contributed by atoms with E-state index in [1.807, 2.05) is 0 Å². The van der Waals surface area contributed by atoms with E-state index in [0.29, 0.717) is 0 Å². The summed E-state index contributed by atoms with van der Waals surface area (Å²) in [7, 11) is 0.849. The highest BCUT2D eigenvalue weighted by Crippen LogP contribution is 2.59. The van der Waals surface area contributed by atoms with E-state index in [1.54, 1.807) is 13.8 Å². The number of hydrogen-bond acceptors (Lipinski definition) is 4. The Labute approximate surface area is 152 Å². The van der Waals surface area contributed by atoms with Crippen molar-refractivity contribution in [2.75, 3.05) is 7.11 Å². The molecule has 0 saturated heterocycles. The number of halogens is 4. The minimum atomic E-state index is -1.73. The fourth-order valence-electron chi connectivity index (χ4n) is 2.98. The molecule has 0 amide bonds. The molecular weight excluding hydrogens is 372 g/mol. The number of carboxylic acid groups (broad SMARTS) is 1. The molecule has 0 aliphatic heterocycles. The SMILES string of the molecule is COc1c(F)c(F)c(COC(=O)C2C(C=C(C)C(=O)O)C2(C)C)c(F)c1F. The Morgan fingerprint density at radius 2 is 1.63 bits per heavy atom. The van der Waals surface area contributed by atoms with E-state index in [0.717, 1.165) is 7.11 Å². The van der Waals surface area contributed by atoms with Crippen LogP contribution in [0.1, 0.15) is 26.3 Å². The van der Waals surface area contributed by atoms with E-state index in [-0.39, 0.29) is 5.57 Å².